The highest BCUT2D eigenvalue weighted by Crippen LogP contribution is 2.18. The summed E-state index contributed by atoms with van der Waals surface area (Å²) >= 11 is 3.13. The number of benzene rings is 2. The second kappa shape index (κ2) is 19.3. The second-order valence-corrected chi connectivity index (χ2v) is 9.70. The normalized spacial score (nSPS) is 10.7. The van der Waals surface area contributed by atoms with Crippen molar-refractivity contribution in [1.82, 2.24) is 0 Å². The van der Waals surface area contributed by atoms with Crippen LogP contribution in [0.3, 0.4) is 0 Å². The number of Topliss-reactive ketones (excluding diaryl/α,β-unsaturated/α-hetero) is 2. The molecule has 0 aliphatic heterocycles. The average Bonchev–Trinajstić information content (AvgIpc) is 2.91. The Morgan fingerprint density at radius 3 is 1.46 bits per heavy atom. The molecule has 8 nitrogen and oxygen atoms in total. The molecule has 216 valence electrons. The van der Waals surface area contributed by atoms with E-state index in [1.165, 1.54) is 27.7 Å². The number of aliphatic hydroxyl groups excluding tert-OH is 1. The number of ether oxygens (including phenoxy) is 3. The van der Waals surface area contributed by atoms with Crippen LogP contribution >= 0.6 is 15.9 Å². The highest BCUT2D eigenvalue weighted by Gasteiger charge is 2.25. The van der Waals surface area contributed by atoms with Crippen LogP contribution in [0.25, 0.3) is 0 Å². The monoisotopic (exact) mass is 608 g/mol. The Morgan fingerprint density at radius 1 is 0.769 bits per heavy atom. The van der Waals surface area contributed by atoms with Crippen molar-refractivity contribution in [2.45, 2.75) is 38.9 Å². The third-order valence-corrected chi connectivity index (χ3v) is 5.00. The second-order valence-electron chi connectivity index (χ2n) is 9.05. The summed E-state index contributed by atoms with van der Waals surface area (Å²) in [7, 11) is 0. The summed E-state index contributed by atoms with van der Waals surface area (Å²) in [5.74, 6) is 0.602. The van der Waals surface area contributed by atoms with Crippen molar-refractivity contribution in [1.29, 1.82) is 0 Å². The first-order valence-corrected chi connectivity index (χ1v) is 13.4. The number of carbonyl (C=O) groups is 2. The summed E-state index contributed by atoms with van der Waals surface area (Å²) in [6.07, 6.45) is 3.47. The molecule has 0 saturated carbocycles. The first-order chi connectivity index (χ1) is 18.3. The van der Waals surface area contributed by atoms with Gasteiger partial charge in [0.15, 0.2) is 11.6 Å². The summed E-state index contributed by atoms with van der Waals surface area (Å²) < 4.78 is 15.8. The van der Waals surface area contributed by atoms with E-state index in [4.69, 9.17) is 19.3 Å². The van der Waals surface area contributed by atoms with E-state index >= 15 is 0 Å². The molecule has 2 aromatic rings. The Morgan fingerprint density at radius 2 is 1.15 bits per heavy atom. The fourth-order valence-corrected chi connectivity index (χ4v) is 2.66. The highest BCUT2D eigenvalue weighted by molar-refractivity contribution is 9.09. The van der Waals surface area contributed by atoms with Gasteiger partial charge in [-0.25, -0.2) is 0 Å². The molecule has 39 heavy (non-hydrogen) atoms. The van der Waals surface area contributed by atoms with Gasteiger partial charge in [-0.2, -0.15) is 0 Å². The number of ketones is 2. The average molecular weight is 610 g/mol. The number of hydrogen-bond donors (Lipinski definition) is 3. The predicted octanol–water partition coefficient (Wildman–Crippen LogP) is 4.80. The molecule has 0 saturated heterocycles. The third-order valence-electron chi connectivity index (χ3n) is 4.55. The van der Waals surface area contributed by atoms with Crippen LogP contribution < -0.4 is 9.47 Å². The highest BCUT2D eigenvalue weighted by atomic mass is 79.9. The molecule has 0 unspecified atom stereocenters. The minimum Gasteiger partial charge on any atom is -0.491 e. The summed E-state index contributed by atoms with van der Waals surface area (Å²) in [4.78, 5) is 23.5. The van der Waals surface area contributed by atoms with Crippen LogP contribution in [0, 0.1) is 0 Å². The molecule has 9 heteroatoms. The fraction of sp³-hybridized carbons (Fsp3) is 0.400. The maximum Gasteiger partial charge on any atom is 0.193 e. The molecule has 0 heterocycles. The lowest BCUT2D eigenvalue weighted by molar-refractivity contribution is 0.0487. The number of aliphatic hydroxyl groups is 3. The first-order valence-electron chi connectivity index (χ1n) is 12.3. The summed E-state index contributed by atoms with van der Waals surface area (Å²) in [5, 5.41) is 28.6. The van der Waals surface area contributed by atoms with E-state index in [1.807, 2.05) is 0 Å². The Balaban J connectivity index is 0.000000658. The maximum absolute atomic E-state index is 11.8. The lowest BCUT2D eigenvalue weighted by atomic mass is 9.97. The van der Waals surface area contributed by atoms with Gasteiger partial charge < -0.3 is 29.5 Å². The molecule has 0 aliphatic rings. The zero-order chi connectivity index (χ0) is 29.9. The topological polar surface area (TPSA) is 123 Å². The van der Waals surface area contributed by atoms with E-state index in [0.29, 0.717) is 42.4 Å². The smallest absolute Gasteiger partial charge is 0.193 e. The summed E-state index contributed by atoms with van der Waals surface area (Å²) in [6.45, 7) is 14.4. The number of allylic oxidation sites excluding steroid dienone is 1. The first kappa shape index (κ1) is 36.2. The Labute approximate surface area is 240 Å². The van der Waals surface area contributed by atoms with Crippen molar-refractivity contribution in [3.63, 3.8) is 0 Å². The van der Waals surface area contributed by atoms with Crippen LogP contribution in [0.1, 0.15) is 48.4 Å². The largest absolute Gasteiger partial charge is 0.491 e. The van der Waals surface area contributed by atoms with Crippen LogP contribution in [0.15, 0.2) is 73.8 Å². The summed E-state index contributed by atoms with van der Waals surface area (Å²) in [6, 6.07) is 13.1. The van der Waals surface area contributed by atoms with Crippen molar-refractivity contribution in [3.05, 3.63) is 85.0 Å². The number of hydrogen-bond acceptors (Lipinski definition) is 8. The minimum absolute atomic E-state index is 0.0512. The van der Waals surface area contributed by atoms with E-state index in [9.17, 15) is 19.8 Å². The zero-order valence-electron chi connectivity index (χ0n) is 23.2. The van der Waals surface area contributed by atoms with Gasteiger partial charge in [0.05, 0.1) is 19.8 Å². The molecular formula is C30H41BrO8. The van der Waals surface area contributed by atoms with Crippen LogP contribution in [0.2, 0.25) is 0 Å². The summed E-state index contributed by atoms with van der Waals surface area (Å²) in [5.41, 5.74) is -1.83. The van der Waals surface area contributed by atoms with Crippen LogP contribution in [-0.4, -0.2) is 76.5 Å². The number of carbonyl (C=O) groups excluding carboxylic acids is 2. The molecule has 0 bridgehead atoms. The molecule has 2 rings (SSSR count). The van der Waals surface area contributed by atoms with E-state index in [0.717, 1.165) is 5.33 Å². The molecule has 0 spiro atoms. The molecule has 2 aromatic carbocycles. The van der Waals surface area contributed by atoms with Gasteiger partial charge in [-0.15, -0.1) is 13.2 Å². The standard InChI is InChI=1S/C15H20O4.C12H16O4.C3H5Br/c1-4-9-18-10-11-19-13-7-5-12(6-8-13)14(16)15(2,3)17;1-12(2,15)11(14)9-3-5-10(6-4-9)16-8-7-13;1-2-3-4/h4-8,17H,1,9-11H2,2-3H3;3-6,13,15H,7-8H2,1-2H3;2H,1,3H2. The number of alkyl halides is 1. The van der Waals surface area contributed by atoms with Crippen LogP contribution in [0.5, 0.6) is 11.5 Å². The molecule has 3 N–H and O–H groups in total. The SMILES string of the molecule is C=CCBr.C=CCOCCOc1ccc(C(=O)C(C)(C)O)cc1.CC(C)(O)C(=O)c1ccc(OCCO)cc1. The van der Waals surface area contributed by atoms with Gasteiger partial charge >= 0.3 is 0 Å². The van der Waals surface area contributed by atoms with Gasteiger partial charge in [0.25, 0.3) is 0 Å². The predicted molar refractivity (Wildman–Crippen MR) is 157 cm³/mol. The number of rotatable bonds is 14. The van der Waals surface area contributed by atoms with Crippen LogP contribution in [-0.2, 0) is 4.74 Å². The van der Waals surface area contributed by atoms with Crippen molar-refractivity contribution < 1.29 is 39.1 Å². The van der Waals surface area contributed by atoms with E-state index in [2.05, 4.69) is 29.1 Å². The zero-order valence-corrected chi connectivity index (χ0v) is 24.8. The molecule has 0 atom stereocenters. The molecule has 0 aliphatic carbocycles. The Kier molecular flexibility index (Phi) is 17.9. The quantitative estimate of drug-likeness (QED) is 0.121. The molecule has 0 radical (unpaired) electrons. The molecular weight excluding hydrogens is 568 g/mol. The molecule has 0 amide bonds. The van der Waals surface area contributed by atoms with Crippen molar-refractivity contribution in [2.75, 3.05) is 38.4 Å². The fourth-order valence-electron chi connectivity index (χ4n) is 2.66. The van der Waals surface area contributed by atoms with Gasteiger partial charge in [0, 0.05) is 16.5 Å². The van der Waals surface area contributed by atoms with Crippen molar-refractivity contribution >= 4 is 27.5 Å². The molecule has 0 aromatic heterocycles. The van der Waals surface area contributed by atoms with Gasteiger partial charge in [-0.3, -0.25) is 9.59 Å². The van der Waals surface area contributed by atoms with Gasteiger partial charge in [-0.1, -0.05) is 28.1 Å². The van der Waals surface area contributed by atoms with Crippen molar-refractivity contribution in [3.8, 4) is 11.5 Å². The van der Waals surface area contributed by atoms with Gasteiger partial charge in [0.2, 0.25) is 0 Å². The lowest BCUT2D eigenvalue weighted by Gasteiger charge is -2.15. The Bertz CT molecular complexity index is 988. The maximum atomic E-state index is 11.8. The number of halogens is 1. The minimum atomic E-state index is -1.37. The lowest BCUT2D eigenvalue weighted by Crippen LogP contribution is -2.30. The van der Waals surface area contributed by atoms with Gasteiger partial charge in [-0.05, 0) is 76.2 Å². The van der Waals surface area contributed by atoms with E-state index < -0.39 is 11.2 Å². The Hall–Kier alpha value is -2.82. The van der Waals surface area contributed by atoms with Crippen LogP contribution in [0.4, 0.5) is 0 Å². The molecule has 0 fully saturated rings. The van der Waals surface area contributed by atoms with E-state index in [1.54, 1.807) is 60.7 Å². The van der Waals surface area contributed by atoms with Gasteiger partial charge in [0.1, 0.15) is 35.9 Å². The van der Waals surface area contributed by atoms with Crippen molar-refractivity contribution in [2.24, 2.45) is 0 Å². The third kappa shape index (κ3) is 16.0. The van der Waals surface area contributed by atoms with E-state index in [-0.39, 0.29) is 24.8 Å².